The first kappa shape index (κ1) is 24.2. The largest absolute Gasteiger partial charge is 0.507 e. The van der Waals surface area contributed by atoms with Crippen molar-refractivity contribution >= 4 is 28.3 Å². The Labute approximate surface area is 211 Å². The number of aromatic hydroxyl groups is 1. The van der Waals surface area contributed by atoms with Gasteiger partial charge in [0, 0.05) is 22.9 Å². The summed E-state index contributed by atoms with van der Waals surface area (Å²) in [4.78, 5) is 13.2. The van der Waals surface area contributed by atoms with E-state index in [-0.39, 0.29) is 22.1 Å². The number of epoxide rings is 1. The molecule has 0 amide bonds. The van der Waals surface area contributed by atoms with Crippen LogP contribution in [0.25, 0.3) is 10.8 Å². The third kappa shape index (κ3) is 3.90. The summed E-state index contributed by atoms with van der Waals surface area (Å²) in [6.45, 7) is -0.916. The number of fused-ring (bicyclic) bond motifs is 3. The molecule has 0 radical (unpaired) electrons. The number of aliphatic hydroxyl groups excluding tert-OH is 3. The number of carbonyl (C=O) groups excluding carboxylic acids is 1. The highest BCUT2D eigenvalue weighted by atomic mass is 35.5. The molecule has 8 nitrogen and oxygen atoms in total. The molecule has 5 rings (SSSR count). The van der Waals surface area contributed by atoms with E-state index in [1.54, 1.807) is 18.2 Å². The van der Waals surface area contributed by atoms with E-state index in [0.29, 0.717) is 28.3 Å². The van der Waals surface area contributed by atoms with Gasteiger partial charge in [0.15, 0.2) is 11.7 Å². The van der Waals surface area contributed by atoms with Crippen LogP contribution in [0.15, 0.2) is 41.5 Å². The van der Waals surface area contributed by atoms with Crippen molar-refractivity contribution in [3.63, 3.8) is 0 Å². The molecule has 0 spiro atoms. The monoisotopic (exact) mass is 508 g/mol. The summed E-state index contributed by atoms with van der Waals surface area (Å²) in [5.41, 5.74) is 0.342. The number of benzene rings is 2. The number of rotatable bonds is 6. The molecule has 2 aromatic rings. The van der Waals surface area contributed by atoms with E-state index in [2.05, 4.69) is 23.7 Å². The van der Waals surface area contributed by atoms with Crippen LogP contribution in [0.5, 0.6) is 11.5 Å². The van der Waals surface area contributed by atoms with Crippen LogP contribution in [0.4, 0.5) is 0 Å². The number of hydrogen-bond acceptors (Lipinski definition) is 8. The lowest BCUT2D eigenvalue weighted by Gasteiger charge is -2.16. The van der Waals surface area contributed by atoms with Gasteiger partial charge in [0.1, 0.15) is 29.3 Å². The number of esters is 1. The number of allylic oxidation sites excluding steroid dienone is 2. The Hall–Kier alpha value is -3.50. The van der Waals surface area contributed by atoms with Crippen LogP contribution in [0.3, 0.4) is 0 Å². The number of methoxy groups -OCH3 is 1. The highest BCUT2D eigenvalue weighted by Gasteiger charge is 2.60. The van der Waals surface area contributed by atoms with Crippen LogP contribution < -0.4 is 4.74 Å². The summed E-state index contributed by atoms with van der Waals surface area (Å²) < 4.78 is 16.5. The normalized spacial score (nSPS) is 25.7. The lowest BCUT2D eigenvalue weighted by atomic mass is 9.98. The number of halogens is 1. The average molecular weight is 509 g/mol. The number of ether oxygens (including phenoxy) is 3. The van der Waals surface area contributed by atoms with Gasteiger partial charge in [0.05, 0.1) is 25.3 Å². The molecule has 2 aliphatic carbocycles. The van der Waals surface area contributed by atoms with Crippen molar-refractivity contribution in [1.82, 2.24) is 0 Å². The zero-order chi connectivity index (χ0) is 25.6. The van der Waals surface area contributed by atoms with E-state index < -0.39 is 43.1 Å². The van der Waals surface area contributed by atoms with Gasteiger partial charge in [-0.2, -0.15) is 0 Å². The maximum Gasteiger partial charge on any atom is 0.343 e. The Morgan fingerprint density at radius 3 is 2.86 bits per heavy atom. The summed E-state index contributed by atoms with van der Waals surface area (Å²) >= 11 is 6.32. The van der Waals surface area contributed by atoms with Crippen LogP contribution in [-0.2, 0) is 16.1 Å². The van der Waals surface area contributed by atoms with Gasteiger partial charge in [-0.3, -0.25) is 0 Å². The average Bonchev–Trinajstić information content (AvgIpc) is 3.43. The molecule has 184 valence electrons. The fourth-order valence-electron chi connectivity index (χ4n) is 4.44. The zero-order valence-electron chi connectivity index (χ0n) is 19.0. The highest BCUT2D eigenvalue weighted by molar-refractivity contribution is 6.34. The van der Waals surface area contributed by atoms with Crippen molar-refractivity contribution in [1.29, 1.82) is 0 Å². The van der Waals surface area contributed by atoms with Crippen LogP contribution in [0.1, 0.15) is 22.3 Å². The van der Waals surface area contributed by atoms with E-state index in [9.17, 15) is 25.2 Å². The summed E-state index contributed by atoms with van der Waals surface area (Å²) in [6, 6.07) is 4.41. The molecule has 2 aromatic carbocycles. The summed E-state index contributed by atoms with van der Waals surface area (Å²) in [7, 11) is 1.41. The predicted molar refractivity (Wildman–Crippen MR) is 129 cm³/mol. The van der Waals surface area contributed by atoms with E-state index in [0.717, 1.165) is 5.57 Å². The number of hydrogen-bond donors (Lipinski definition) is 4. The van der Waals surface area contributed by atoms with Crippen LogP contribution in [0.2, 0.25) is 5.02 Å². The first-order valence-corrected chi connectivity index (χ1v) is 11.5. The summed E-state index contributed by atoms with van der Waals surface area (Å²) in [5, 5.41) is 40.9. The molecule has 1 heterocycles. The molecule has 0 saturated carbocycles. The first-order chi connectivity index (χ1) is 17.3. The van der Waals surface area contributed by atoms with Gasteiger partial charge in [-0.15, -0.1) is 0 Å². The van der Waals surface area contributed by atoms with Gasteiger partial charge in [-0.25, -0.2) is 4.79 Å². The number of carbonyl (C=O) groups is 1. The molecule has 4 N–H and O–H groups in total. The molecular weight excluding hydrogens is 488 g/mol. The van der Waals surface area contributed by atoms with Crippen LogP contribution in [-0.4, -0.2) is 64.0 Å². The van der Waals surface area contributed by atoms with Crippen LogP contribution >= 0.6 is 11.6 Å². The highest BCUT2D eigenvalue weighted by Crippen LogP contribution is 2.41. The Bertz CT molecular complexity index is 1470. The van der Waals surface area contributed by atoms with Crippen molar-refractivity contribution in [2.75, 3.05) is 13.7 Å². The lowest BCUT2D eigenvalue weighted by molar-refractivity contribution is 0.0404. The van der Waals surface area contributed by atoms with Crippen molar-refractivity contribution in [3.05, 3.63) is 57.6 Å². The Kier molecular flexibility index (Phi) is 6.17. The molecule has 0 bridgehead atoms. The summed E-state index contributed by atoms with van der Waals surface area (Å²) in [6.07, 6.45) is 1.15. The van der Waals surface area contributed by atoms with Crippen molar-refractivity contribution in [2.45, 2.75) is 36.9 Å². The van der Waals surface area contributed by atoms with E-state index in [1.165, 1.54) is 19.2 Å². The van der Waals surface area contributed by atoms with Gasteiger partial charge in [0.25, 0.3) is 0 Å². The molecule has 1 aliphatic heterocycles. The molecule has 1 fully saturated rings. The smallest absolute Gasteiger partial charge is 0.343 e. The fraction of sp³-hybridized carbons (Fsp3) is 0.296. The molecule has 1 saturated heterocycles. The van der Waals surface area contributed by atoms with E-state index in [4.69, 9.17) is 25.8 Å². The lowest BCUT2D eigenvalue weighted by Crippen LogP contribution is -2.33. The van der Waals surface area contributed by atoms with Gasteiger partial charge < -0.3 is 34.6 Å². The minimum absolute atomic E-state index is 0.0872. The van der Waals surface area contributed by atoms with Gasteiger partial charge in [-0.1, -0.05) is 41.3 Å². The topological polar surface area (TPSA) is 129 Å². The molecule has 36 heavy (non-hydrogen) atoms. The maximum atomic E-state index is 13.2. The number of aliphatic hydroxyl groups is 3. The third-order valence-electron chi connectivity index (χ3n) is 6.43. The Morgan fingerprint density at radius 2 is 2.14 bits per heavy atom. The third-order valence-corrected chi connectivity index (χ3v) is 6.85. The van der Waals surface area contributed by atoms with E-state index in [1.807, 2.05) is 0 Å². The minimum atomic E-state index is -1.25. The van der Waals surface area contributed by atoms with E-state index >= 15 is 0 Å². The summed E-state index contributed by atoms with van der Waals surface area (Å²) in [5.74, 6) is 10.8. The van der Waals surface area contributed by atoms with Crippen LogP contribution in [0, 0.1) is 23.7 Å². The number of phenolic OH excluding ortho intramolecular Hbond substituents is 1. The maximum absolute atomic E-state index is 13.2. The SMILES string of the molecule is COc1cc2c(C(=O)O[C@@H]3C=C4C#C[C@]5([C@H](O)CO)O[C@@H]5C#C/C=C\4C3)c(O)ccc2c(CO)c1Cl. The second kappa shape index (κ2) is 9.18. The zero-order valence-corrected chi connectivity index (χ0v) is 19.8. The molecule has 0 unspecified atom stereocenters. The Morgan fingerprint density at radius 1 is 1.33 bits per heavy atom. The first-order valence-electron chi connectivity index (χ1n) is 11.1. The Balaban J connectivity index is 1.48. The number of phenols is 1. The molecule has 3 aliphatic rings. The van der Waals surface area contributed by atoms with Gasteiger partial charge in [-0.05, 0) is 35.2 Å². The molecule has 0 aromatic heterocycles. The van der Waals surface area contributed by atoms with Crippen molar-refractivity contribution in [2.24, 2.45) is 0 Å². The molecule has 9 heteroatoms. The standard InChI is InChI=1S/C27H21ClO8/c1-34-21-11-18-17(19(12-29)25(21)28)5-6-20(31)24(18)26(33)35-16-9-14-3-2-4-23-27(36-23,22(32)13-30)8-7-15(14)10-16/h3,5-6,10-11,16,22-23,29-32H,9,12-13H2,1H3/b14-3-/t16-,22+,23+,27+/m0/s1. The van der Waals surface area contributed by atoms with Gasteiger partial charge in [0.2, 0.25) is 0 Å². The minimum Gasteiger partial charge on any atom is -0.507 e. The second-order valence-corrected chi connectivity index (χ2v) is 8.89. The quantitative estimate of drug-likeness (QED) is 0.265. The molecule has 4 atom stereocenters. The predicted octanol–water partition coefficient (Wildman–Crippen LogP) is 1.99. The van der Waals surface area contributed by atoms with Crippen molar-refractivity contribution < 1.29 is 39.4 Å². The van der Waals surface area contributed by atoms with Gasteiger partial charge >= 0.3 is 5.97 Å². The second-order valence-electron chi connectivity index (χ2n) is 8.51. The van der Waals surface area contributed by atoms with Crippen molar-refractivity contribution in [3.8, 4) is 35.2 Å². The fourth-order valence-corrected chi connectivity index (χ4v) is 4.74. The molecular formula is C27H21ClO8.